The van der Waals surface area contributed by atoms with Crippen LogP contribution < -0.4 is 5.32 Å². The molecule has 2 bridgehead atoms. The Morgan fingerprint density at radius 1 is 1.38 bits per heavy atom. The first-order valence-electron chi connectivity index (χ1n) is 5.04. The van der Waals surface area contributed by atoms with E-state index in [0.29, 0.717) is 11.8 Å². The molecular weight excluding hydrogens is 166 g/mol. The van der Waals surface area contributed by atoms with Crippen molar-refractivity contribution >= 4 is 5.97 Å². The number of hydrogen-bond acceptors (Lipinski definition) is 2. The van der Waals surface area contributed by atoms with Crippen molar-refractivity contribution in [1.29, 1.82) is 0 Å². The molecule has 1 aliphatic heterocycles. The predicted octanol–water partition coefficient (Wildman–Crippen LogP) is 1.10. The zero-order valence-corrected chi connectivity index (χ0v) is 8.05. The molecule has 1 saturated heterocycles. The van der Waals surface area contributed by atoms with Gasteiger partial charge in [-0.25, -0.2) is 0 Å². The highest BCUT2D eigenvalue weighted by Gasteiger charge is 2.43. The minimum absolute atomic E-state index is 0.449. The van der Waals surface area contributed by atoms with Gasteiger partial charge in [-0.3, -0.25) is 4.79 Å². The smallest absolute Gasteiger partial charge is 0.309 e. The first kappa shape index (κ1) is 9.00. The lowest BCUT2D eigenvalue weighted by atomic mass is 9.65. The zero-order valence-electron chi connectivity index (χ0n) is 8.05. The van der Waals surface area contributed by atoms with Crippen molar-refractivity contribution in [2.75, 3.05) is 13.1 Å². The zero-order chi connectivity index (χ0) is 9.47. The van der Waals surface area contributed by atoms with Gasteiger partial charge in [0, 0.05) is 0 Å². The number of carboxylic acid groups (broad SMARTS) is 1. The van der Waals surface area contributed by atoms with E-state index in [9.17, 15) is 4.79 Å². The van der Waals surface area contributed by atoms with Gasteiger partial charge in [0.25, 0.3) is 0 Å². The summed E-state index contributed by atoms with van der Waals surface area (Å²) >= 11 is 0. The molecule has 13 heavy (non-hydrogen) atoms. The minimum Gasteiger partial charge on any atom is -0.481 e. The van der Waals surface area contributed by atoms with Crippen LogP contribution >= 0.6 is 0 Å². The second kappa shape index (κ2) is 2.98. The molecule has 2 N–H and O–H groups in total. The van der Waals surface area contributed by atoms with E-state index < -0.39 is 11.4 Å². The Morgan fingerprint density at radius 3 is 2.38 bits per heavy atom. The molecule has 0 aromatic carbocycles. The van der Waals surface area contributed by atoms with Crippen LogP contribution in [-0.2, 0) is 4.79 Å². The van der Waals surface area contributed by atoms with Crippen LogP contribution in [0.15, 0.2) is 0 Å². The Morgan fingerprint density at radius 2 is 1.92 bits per heavy atom. The van der Waals surface area contributed by atoms with Crippen molar-refractivity contribution in [2.45, 2.75) is 26.2 Å². The summed E-state index contributed by atoms with van der Waals surface area (Å²) in [4.78, 5) is 11.1. The summed E-state index contributed by atoms with van der Waals surface area (Å²) < 4.78 is 0. The van der Waals surface area contributed by atoms with E-state index in [4.69, 9.17) is 5.11 Å². The number of rotatable bonds is 1. The van der Waals surface area contributed by atoms with E-state index in [1.165, 1.54) is 6.42 Å². The maximum atomic E-state index is 11.1. The van der Waals surface area contributed by atoms with Crippen molar-refractivity contribution in [3.05, 3.63) is 0 Å². The molecule has 3 nitrogen and oxygen atoms in total. The van der Waals surface area contributed by atoms with Gasteiger partial charge in [0.15, 0.2) is 0 Å². The Hall–Kier alpha value is -0.570. The maximum Gasteiger partial charge on any atom is 0.309 e. The van der Waals surface area contributed by atoms with Crippen LogP contribution in [0.5, 0.6) is 0 Å². The van der Waals surface area contributed by atoms with Crippen molar-refractivity contribution in [3.8, 4) is 0 Å². The lowest BCUT2D eigenvalue weighted by molar-refractivity contribution is -0.152. The Kier molecular flexibility index (Phi) is 2.06. The number of aliphatic carboxylic acids is 1. The highest BCUT2D eigenvalue weighted by Crippen LogP contribution is 2.43. The quantitative estimate of drug-likeness (QED) is 0.640. The van der Waals surface area contributed by atoms with Crippen LogP contribution in [-0.4, -0.2) is 24.2 Å². The van der Waals surface area contributed by atoms with Gasteiger partial charge < -0.3 is 10.4 Å². The van der Waals surface area contributed by atoms with Crippen LogP contribution in [0.4, 0.5) is 0 Å². The number of piperidine rings is 1. The van der Waals surface area contributed by atoms with Gasteiger partial charge in [0.2, 0.25) is 0 Å². The van der Waals surface area contributed by atoms with Gasteiger partial charge >= 0.3 is 5.97 Å². The fraction of sp³-hybridized carbons (Fsp3) is 0.900. The van der Waals surface area contributed by atoms with E-state index in [1.54, 1.807) is 0 Å². The molecule has 1 aliphatic carbocycles. The molecule has 1 heterocycles. The lowest BCUT2D eigenvalue weighted by Crippen LogP contribution is -2.47. The van der Waals surface area contributed by atoms with Crippen molar-refractivity contribution in [3.63, 3.8) is 0 Å². The second-order valence-electron chi connectivity index (χ2n) is 4.90. The van der Waals surface area contributed by atoms with Gasteiger partial charge in [-0.05, 0) is 51.1 Å². The first-order valence-corrected chi connectivity index (χ1v) is 5.04. The van der Waals surface area contributed by atoms with E-state index in [2.05, 4.69) is 5.32 Å². The molecule has 0 spiro atoms. The molecule has 3 heteroatoms. The maximum absolute atomic E-state index is 11.1. The minimum atomic E-state index is -0.607. The Bertz CT molecular complexity index is 215. The standard InChI is InChI=1S/C10H17NO2/c1-10(9(12)13)3-7-2-8(4-10)6-11-5-7/h7-8,11H,2-6H2,1H3,(H,12,13)/t7-,8+,10?. The number of fused-ring (bicyclic) bond motifs is 2. The van der Waals surface area contributed by atoms with E-state index in [1.807, 2.05) is 6.92 Å². The van der Waals surface area contributed by atoms with Gasteiger partial charge in [-0.2, -0.15) is 0 Å². The predicted molar refractivity (Wildman–Crippen MR) is 49.4 cm³/mol. The summed E-state index contributed by atoms with van der Waals surface area (Å²) in [6.07, 6.45) is 2.94. The topological polar surface area (TPSA) is 49.3 Å². The summed E-state index contributed by atoms with van der Waals surface area (Å²) in [5, 5.41) is 12.5. The Balaban J connectivity index is 2.13. The van der Waals surface area contributed by atoms with Crippen molar-refractivity contribution in [2.24, 2.45) is 17.3 Å². The van der Waals surface area contributed by atoms with Gasteiger partial charge in [-0.1, -0.05) is 0 Å². The summed E-state index contributed by atoms with van der Waals surface area (Å²) in [6, 6.07) is 0. The SMILES string of the molecule is CC1(C(=O)O)C[C@@H]2CNC[C@@H](C2)C1. The highest BCUT2D eigenvalue weighted by molar-refractivity contribution is 5.74. The monoisotopic (exact) mass is 183 g/mol. The van der Waals surface area contributed by atoms with Crippen LogP contribution in [0.25, 0.3) is 0 Å². The molecule has 0 aromatic heterocycles. The highest BCUT2D eigenvalue weighted by atomic mass is 16.4. The molecular formula is C10H17NO2. The van der Waals surface area contributed by atoms with E-state index in [0.717, 1.165) is 25.9 Å². The molecule has 74 valence electrons. The van der Waals surface area contributed by atoms with Crippen LogP contribution in [0.2, 0.25) is 0 Å². The second-order valence-corrected chi connectivity index (χ2v) is 4.90. The third-order valence-corrected chi connectivity index (χ3v) is 3.53. The van der Waals surface area contributed by atoms with Crippen LogP contribution in [0.1, 0.15) is 26.2 Å². The van der Waals surface area contributed by atoms with Crippen LogP contribution in [0.3, 0.4) is 0 Å². The molecule has 2 rings (SSSR count). The summed E-state index contributed by atoms with van der Waals surface area (Å²) in [5.41, 5.74) is -0.449. The average Bonchev–Trinajstić information content (AvgIpc) is 2.02. The molecule has 0 radical (unpaired) electrons. The molecule has 1 unspecified atom stereocenters. The van der Waals surface area contributed by atoms with Gasteiger partial charge in [0.1, 0.15) is 0 Å². The van der Waals surface area contributed by atoms with Gasteiger partial charge in [-0.15, -0.1) is 0 Å². The first-order chi connectivity index (χ1) is 6.10. The molecule has 2 aliphatic rings. The number of hydrogen-bond donors (Lipinski definition) is 2. The normalized spacial score (nSPS) is 44.4. The van der Waals surface area contributed by atoms with Crippen molar-refractivity contribution in [1.82, 2.24) is 5.32 Å². The summed E-state index contributed by atoms with van der Waals surface area (Å²) in [7, 11) is 0. The molecule has 2 fully saturated rings. The lowest BCUT2D eigenvalue weighted by Gasteiger charge is -2.43. The molecule has 0 aromatic rings. The summed E-state index contributed by atoms with van der Waals surface area (Å²) in [5.74, 6) is 0.575. The Labute approximate surface area is 78.5 Å². The fourth-order valence-corrected chi connectivity index (χ4v) is 2.97. The third kappa shape index (κ3) is 1.57. The molecule has 3 atom stereocenters. The van der Waals surface area contributed by atoms with Crippen molar-refractivity contribution < 1.29 is 9.90 Å². The average molecular weight is 183 g/mol. The van der Waals surface area contributed by atoms with Crippen LogP contribution in [0, 0.1) is 17.3 Å². The number of carbonyl (C=O) groups is 1. The summed E-state index contributed by atoms with van der Waals surface area (Å²) in [6.45, 7) is 3.93. The molecule has 1 saturated carbocycles. The number of carboxylic acids is 1. The fourth-order valence-electron chi connectivity index (χ4n) is 2.97. The largest absolute Gasteiger partial charge is 0.481 e. The van der Waals surface area contributed by atoms with Gasteiger partial charge in [0.05, 0.1) is 5.41 Å². The third-order valence-electron chi connectivity index (χ3n) is 3.53. The van der Waals surface area contributed by atoms with E-state index in [-0.39, 0.29) is 0 Å². The van der Waals surface area contributed by atoms with E-state index >= 15 is 0 Å². The number of nitrogens with one attached hydrogen (secondary N) is 1. The molecule has 0 amide bonds.